The molecule has 2 rings (SSSR count). The van der Waals surface area contributed by atoms with Crippen molar-refractivity contribution in [2.75, 3.05) is 25.9 Å². The Morgan fingerprint density at radius 3 is 2.58 bits per heavy atom. The molecule has 1 aromatic carbocycles. The molecule has 1 heterocycles. The average molecular weight is 272 g/mol. The van der Waals surface area contributed by atoms with Gasteiger partial charge < -0.3 is 15.4 Å². The molecule has 0 aliphatic carbocycles. The second-order valence-corrected chi connectivity index (χ2v) is 4.54. The molecular formula is C13H15F3N2O. The van der Waals surface area contributed by atoms with E-state index >= 15 is 0 Å². The monoisotopic (exact) mass is 272 g/mol. The van der Waals surface area contributed by atoms with Gasteiger partial charge in [0.05, 0.1) is 5.69 Å². The van der Waals surface area contributed by atoms with Crippen molar-refractivity contribution in [1.82, 2.24) is 4.90 Å². The van der Waals surface area contributed by atoms with E-state index in [0.29, 0.717) is 0 Å². The number of alkyl halides is 3. The Morgan fingerprint density at radius 1 is 1.32 bits per heavy atom. The number of likely N-dealkylation sites (N-methyl/N-ethyl adjacent to an activating group) is 1. The molecule has 0 unspecified atom stereocenters. The number of rotatable bonds is 2. The zero-order chi connectivity index (χ0) is 14.0. The van der Waals surface area contributed by atoms with Crippen molar-refractivity contribution in [1.29, 1.82) is 0 Å². The summed E-state index contributed by atoms with van der Waals surface area (Å²) in [4.78, 5) is 2.16. The number of nitrogen functional groups attached to an aromatic ring is 1. The number of ether oxygens (including phenoxy) is 1. The van der Waals surface area contributed by atoms with Crippen LogP contribution in [0.2, 0.25) is 0 Å². The number of hydrogen-bond donors (Lipinski definition) is 1. The van der Waals surface area contributed by atoms with Crippen molar-refractivity contribution in [2.24, 2.45) is 0 Å². The predicted octanol–water partition coefficient (Wildman–Crippen LogP) is 2.89. The van der Waals surface area contributed by atoms with E-state index in [1.165, 1.54) is 12.1 Å². The minimum Gasteiger partial charge on any atom is -0.404 e. The van der Waals surface area contributed by atoms with E-state index in [1.807, 2.05) is 7.05 Å². The topological polar surface area (TPSA) is 38.5 Å². The van der Waals surface area contributed by atoms with Gasteiger partial charge in [-0.2, -0.15) is 0 Å². The summed E-state index contributed by atoms with van der Waals surface area (Å²) in [7, 11) is 2.02. The quantitative estimate of drug-likeness (QED) is 0.841. The molecule has 3 nitrogen and oxygen atoms in total. The van der Waals surface area contributed by atoms with Crippen molar-refractivity contribution >= 4 is 11.3 Å². The maximum atomic E-state index is 12.1. The Bertz CT molecular complexity index is 497. The van der Waals surface area contributed by atoms with E-state index in [1.54, 1.807) is 6.07 Å². The van der Waals surface area contributed by atoms with Crippen LogP contribution in [0.15, 0.2) is 24.3 Å². The van der Waals surface area contributed by atoms with Crippen molar-refractivity contribution < 1.29 is 17.9 Å². The van der Waals surface area contributed by atoms with Crippen LogP contribution in [0.5, 0.6) is 5.75 Å². The third-order valence-corrected chi connectivity index (χ3v) is 3.02. The Labute approximate surface area is 109 Å². The Kier molecular flexibility index (Phi) is 3.71. The van der Waals surface area contributed by atoms with Gasteiger partial charge in [0.2, 0.25) is 0 Å². The number of anilines is 1. The van der Waals surface area contributed by atoms with Crippen LogP contribution in [-0.2, 0) is 0 Å². The SMILES string of the molecule is CN1CC=C(c2ccc(OC(F)(F)F)c(N)c2)CC1. The third kappa shape index (κ3) is 3.64. The fourth-order valence-corrected chi connectivity index (χ4v) is 2.00. The largest absolute Gasteiger partial charge is 0.573 e. The molecule has 0 aromatic heterocycles. The van der Waals surface area contributed by atoms with E-state index in [-0.39, 0.29) is 11.4 Å². The smallest absolute Gasteiger partial charge is 0.404 e. The summed E-state index contributed by atoms with van der Waals surface area (Å²) in [6.45, 7) is 1.75. The molecule has 0 radical (unpaired) electrons. The van der Waals surface area contributed by atoms with Crippen LogP contribution in [0.4, 0.5) is 18.9 Å². The normalized spacial score (nSPS) is 17.2. The van der Waals surface area contributed by atoms with Gasteiger partial charge in [0, 0.05) is 13.1 Å². The highest BCUT2D eigenvalue weighted by molar-refractivity contribution is 5.71. The lowest BCUT2D eigenvalue weighted by Gasteiger charge is -2.22. The first kappa shape index (κ1) is 13.7. The summed E-state index contributed by atoms with van der Waals surface area (Å²) >= 11 is 0. The second-order valence-electron chi connectivity index (χ2n) is 4.54. The lowest BCUT2D eigenvalue weighted by atomic mass is 9.99. The maximum Gasteiger partial charge on any atom is 0.573 e. The molecule has 0 saturated carbocycles. The van der Waals surface area contributed by atoms with Gasteiger partial charge in [0.1, 0.15) is 0 Å². The van der Waals surface area contributed by atoms with Crippen molar-refractivity contribution in [2.45, 2.75) is 12.8 Å². The van der Waals surface area contributed by atoms with Gasteiger partial charge in [0.25, 0.3) is 0 Å². The minimum absolute atomic E-state index is 0.00495. The molecule has 0 amide bonds. The Morgan fingerprint density at radius 2 is 2.05 bits per heavy atom. The molecule has 0 saturated heterocycles. The summed E-state index contributed by atoms with van der Waals surface area (Å²) in [5.41, 5.74) is 7.54. The van der Waals surface area contributed by atoms with Gasteiger partial charge in [-0.05, 0) is 36.7 Å². The highest BCUT2D eigenvalue weighted by atomic mass is 19.4. The lowest BCUT2D eigenvalue weighted by molar-refractivity contribution is -0.274. The summed E-state index contributed by atoms with van der Waals surface area (Å²) < 4.78 is 40.2. The number of nitrogens with zero attached hydrogens (tertiary/aromatic N) is 1. The Balaban J connectivity index is 2.19. The molecule has 0 spiro atoms. The number of hydrogen-bond acceptors (Lipinski definition) is 3. The molecule has 1 aliphatic heterocycles. The first-order chi connectivity index (χ1) is 8.85. The fraction of sp³-hybridized carbons (Fsp3) is 0.385. The van der Waals surface area contributed by atoms with Crippen molar-refractivity contribution in [3.05, 3.63) is 29.8 Å². The Hall–Kier alpha value is -1.69. The predicted molar refractivity (Wildman–Crippen MR) is 67.6 cm³/mol. The van der Waals surface area contributed by atoms with Gasteiger partial charge in [0.15, 0.2) is 5.75 Å². The number of benzene rings is 1. The second kappa shape index (κ2) is 5.13. The van der Waals surface area contributed by atoms with Crippen molar-refractivity contribution in [3.63, 3.8) is 0 Å². The minimum atomic E-state index is -4.72. The first-order valence-electron chi connectivity index (χ1n) is 5.88. The molecule has 104 valence electrons. The van der Waals surface area contributed by atoms with E-state index in [2.05, 4.69) is 15.7 Å². The molecule has 0 fully saturated rings. The van der Waals surface area contributed by atoms with E-state index in [4.69, 9.17) is 5.73 Å². The first-order valence-corrected chi connectivity index (χ1v) is 5.88. The fourth-order valence-electron chi connectivity index (χ4n) is 2.00. The summed E-state index contributed by atoms with van der Waals surface area (Å²) in [5.74, 6) is -0.357. The number of nitrogens with two attached hydrogens (primary N) is 1. The standard InChI is InChI=1S/C13H15F3N2O/c1-18-6-4-9(5-7-18)10-2-3-12(11(17)8-10)19-13(14,15)16/h2-4,8H,5-7,17H2,1H3. The van der Waals surface area contributed by atoms with Gasteiger partial charge in [-0.25, -0.2) is 0 Å². The highest BCUT2D eigenvalue weighted by Gasteiger charge is 2.32. The molecule has 0 atom stereocenters. The van der Waals surface area contributed by atoms with Crippen molar-refractivity contribution in [3.8, 4) is 5.75 Å². The van der Waals surface area contributed by atoms with Crippen LogP contribution in [0.3, 0.4) is 0 Å². The van der Waals surface area contributed by atoms with Crippen LogP contribution in [0.25, 0.3) is 5.57 Å². The summed E-state index contributed by atoms with van der Waals surface area (Å²) in [6.07, 6.45) is -1.81. The molecule has 6 heteroatoms. The van der Waals surface area contributed by atoms with Gasteiger partial charge >= 0.3 is 6.36 Å². The number of halogens is 3. The van der Waals surface area contributed by atoms with Crippen LogP contribution in [0, 0.1) is 0 Å². The molecule has 1 aromatic rings. The van der Waals surface area contributed by atoms with Gasteiger partial charge in [-0.15, -0.1) is 13.2 Å². The molecule has 1 aliphatic rings. The third-order valence-electron chi connectivity index (χ3n) is 3.02. The van der Waals surface area contributed by atoms with Gasteiger partial charge in [-0.3, -0.25) is 0 Å². The molecule has 0 bridgehead atoms. The van der Waals surface area contributed by atoms with Crippen LogP contribution in [0.1, 0.15) is 12.0 Å². The molecular weight excluding hydrogens is 257 g/mol. The summed E-state index contributed by atoms with van der Waals surface area (Å²) in [5, 5.41) is 0. The highest BCUT2D eigenvalue weighted by Crippen LogP contribution is 2.32. The van der Waals surface area contributed by atoms with Gasteiger partial charge in [-0.1, -0.05) is 12.1 Å². The zero-order valence-electron chi connectivity index (χ0n) is 10.5. The van der Waals surface area contributed by atoms with E-state index in [0.717, 1.165) is 30.6 Å². The average Bonchev–Trinajstić information content (AvgIpc) is 2.31. The maximum absolute atomic E-state index is 12.1. The summed E-state index contributed by atoms with van der Waals surface area (Å²) in [6, 6.07) is 4.39. The molecule has 2 N–H and O–H groups in total. The van der Waals surface area contributed by atoms with E-state index < -0.39 is 6.36 Å². The van der Waals surface area contributed by atoms with Crippen LogP contribution >= 0.6 is 0 Å². The van der Waals surface area contributed by atoms with Crippen LogP contribution in [-0.4, -0.2) is 31.4 Å². The lowest BCUT2D eigenvalue weighted by Crippen LogP contribution is -2.23. The van der Waals surface area contributed by atoms with Crippen LogP contribution < -0.4 is 10.5 Å². The molecule has 19 heavy (non-hydrogen) atoms. The zero-order valence-corrected chi connectivity index (χ0v) is 10.5. The van der Waals surface area contributed by atoms with E-state index in [9.17, 15) is 13.2 Å².